The van der Waals surface area contributed by atoms with Gasteiger partial charge in [-0.05, 0) is 31.2 Å². The summed E-state index contributed by atoms with van der Waals surface area (Å²) < 4.78 is 5.27. The van der Waals surface area contributed by atoms with Crippen LogP contribution in [-0.2, 0) is 5.41 Å². The molecule has 134 valence electrons. The molecule has 0 aliphatic carbocycles. The van der Waals surface area contributed by atoms with Crippen LogP contribution in [0.15, 0.2) is 58.3 Å². The van der Waals surface area contributed by atoms with Crippen LogP contribution < -0.4 is 5.63 Å². The van der Waals surface area contributed by atoms with Gasteiger partial charge in [-0.3, -0.25) is 0 Å². The smallest absolute Gasteiger partial charge is 0.344 e. The van der Waals surface area contributed by atoms with Gasteiger partial charge in [-0.25, -0.2) is 4.79 Å². The average Bonchev–Trinajstić information content (AvgIpc) is 2.60. The van der Waals surface area contributed by atoms with E-state index in [0.29, 0.717) is 10.9 Å². The van der Waals surface area contributed by atoms with Crippen molar-refractivity contribution in [3.63, 3.8) is 0 Å². The van der Waals surface area contributed by atoms with Crippen molar-refractivity contribution >= 4 is 11.0 Å². The minimum absolute atomic E-state index is 0.107. The molecule has 0 saturated carbocycles. The molecule has 4 N–H and O–H groups in total. The van der Waals surface area contributed by atoms with Crippen LogP contribution in [-0.4, -0.2) is 27.0 Å². The summed E-state index contributed by atoms with van der Waals surface area (Å²) in [6, 6.07) is 8.32. The van der Waals surface area contributed by atoms with E-state index in [0.717, 1.165) is 6.07 Å². The van der Waals surface area contributed by atoms with Crippen LogP contribution in [0.4, 0.5) is 0 Å². The first-order valence-corrected chi connectivity index (χ1v) is 7.87. The fraction of sp³-hybridized carbons (Fsp3) is 0.150. The Kier molecular flexibility index (Phi) is 4.21. The summed E-state index contributed by atoms with van der Waals surface area (Å²) >= 11 is 0. The second-order valence-electron chi connectivity index (χ2n) is 6.34. The Morgan fingerprint density at radius 1 is 1.08 bits per heavy atom. The van der Waals surface area contributed by atoms with Gasteiger partial charge in [0.2, 0.25) is 0 Å². The van der Waals surface area contributed by atoms with Gasteiger partial charge in [0.05, 0.1) is 12.2 Å². The van der Waals surface area contributed by atoms with Crippen molar-refractivity contribution < 1.29 is 24.8 Å². The number of hydrogen-bond acceptors (Lipinski definition) is 6. The predicted molar refractivity (Wildman–Crippen MR) is 97.5 cm³/mol. The van der Waals surface area contributed by atoms with Crippen molar-refractivity contribution in [3.8, 4) is 28.4 Å². The molecule has 0 radical (unpaired) electrons. The van der Waals surface area contributed by atoms with Crippen LogP contribution in [0.5, 0.6) is 17.2 Å². The molecule has 0 aliphatic rings. The number of hydrogen-bond donors (Lipinski definition) is 4. The fourth-order valence-electron chi connectivity index (χ4n) is 2.81. The molecule has 0 bridgehead atoms. The minimum atomic E-state index is -0.880. The number of phenols is 3. The molecule has 1 aromatic heterocycles. The van der Waals surface area contributed by atoms with Crippen LogP contribution in [0.25, 0.3) is 22.1 Å². The second-order valence-corrected chi connectivity index (χ2v) is 6.34. The Bertz CT molecular complexity index is 1070. The molecule has 0 aliphatic heterocycles. The maximum absolute atomic E-state index is 12.3. The molecule has 1 heterocycles. The maximum atomic E-state index is 12.3. The molecule has 0 spiro atoms. The zero-order valence-corrected chi connectivity index (χ0v) is 14.1. The highest BCUT2D eigenvalue weighted by atomic mass is 16.4. The summed E-state index contributed by atoms with van der Waals surface area (Å²) in [6.07, 6.45) is 1.53. The molecule has 0 amide bonds. The van der Waals surface area contributed by atoms with Crippen LogP contribution >= 0.6 is 0 Å². The number of rotatable bonds is 4. The third kappa shape index (κ3) is 2.80. The van der Waals surface area contributed by atoms with E-state index in [1.165, 1.54) is 30.3 Å². The highest BCUT2D eigenvalue weighted by Crippen LogP contribution is 2.37. The Balaban J connectivity index is 2.28. The van der Waals surface area contributed by atoms with E-state index in [-0.39, 0.29) is 40.6 Å². The lowest BCUT2D eigenvalue weighted by molar-refractivity contribution is 0.233. The lowest BCUT2D eigenvalue weighted by atomic mass is 9.82. The third-order valence-corrected chi connectivity index (χ3v) is 4.52. The summed E-state index contributed by atoms with van der Waals surface area (Å²) in [5, 5.41) is 39.9. The van der Waals surface area contributed by atoms with Crippen molar-refractivity contribution in [3.05, 3.63) is 65.0 Å². The largest absolute Gasteiger partial charge is 0.508 e. The fourth-order valence-corrected chi connectivity index (χ4v) is 2.81. The minimum Gasteiger partial charge on any atom is -0.508 e. The summed E-state index contributed by atoms with van der Waals surface area (Å²) in [4.78, 5) is 12.3. The van der Waals surface area contributed by atoms with Crippen LogP contribution in [0.2, 0.25) is 0 Å². The molecule has 26 heavy (non-hydrogen) atoms. The Morgan fingerprint density at radius 3 is 2.42 bits per heavy atom. The monoisotopic (exact) mass is 354 g/mol. The number of fused-ring (bicyclic) bond motifs is 1. The number of aromatic hydroxyl groups is 3. The summed E-state index contributed by atoms with van der Waals surface area (Å²) in [7, 11) is 0. The zero-order valence-electron chi connectivity index (χ0n) is 14.1. The van der Waals surface area contributed by atoms with Crippen molar-refractivity contribution in [1.29, 1.82) is 0 Å². The Morgan fingerprint density at radius 2 is 1.81 bits per heavy atom. The SMILES string of the molecule is C=C[C@](C)(CO)c1cc2cc(-c3ccc(O)cc3O)c(=O)oc2cc1O. The number of aliphatic hydroxyl groups excluding tert-OH is 1. The summed E-state index contributed by atoms with van der Waals surface area (Å²) in [5.41, 5.74) is -0.660. The van der Waals surface area contributed by atoms with Crippen LogP contribution in [0, 0.1) is 0 Å². The Hall–Kier alpha value is -3.25. The van der Waals surface area contributed by atoms with Crippen molar-refractivity contribution in [2.45, 2.75) is 12.3 Å². The Labute approximate surface area is 148 Å². The standard InChI is InChI=1S/C20H18O6/c1-3-20(2,10-21)15-7-11-6-14(13-5-4-12(22)8-16(13)23)19(25)26-18(11)9-17(15)24/h3-9,21-24H,1,10H2,2H3/t20-/m1/s1. The maximum Gasteiger partial charge on any atom is 0.344 e. The first-order chi connectivity index (χ1) is 12.3. The van der Waals surface area contributed by atoms with Crippen LogP contribution in [0.1, 0.15) is 12.5 Å². The third-order valence-electron chi connectivity index (χ3n) is 4.52. The molecule has 2 aromatic carbocycles. The van der Waals surface area contributed by atoms with Gasteiger partial charge in [0, 0.05) is 34.1 Å². The normalized spacial score (nSPS) is 13.5. The predicted octanol–water partition coefficient (Wildman–Crippen LogP) is 3.01. The van der Waals surface area contributed by atoms with E-state index in [2.05, 4.69) is 6.58 Å². The molecule has 3 rings (SSSR count). The average molecular weight is 354 g/mol. The van der Waals surface area contributed by atoms with E-state index < -0.39 is 11.0 Å². The van der Waals surface area contributed by atoms with E-state index in [4.69, 9.17) is 4.42 Å². The van der Waals surface area contributed by atoms with Crippen molar-refractivity contribution in [2.75, 3.05) is 6.61 Å². The van der Waals surface area contributed by atoms with Gasteiger partial charge in [-0.1, -0.05) is 6.08 Å². The molecular weight excluding hydrogens is 336 g/mol. The van der Waals surface area contributed by atoms with E-state index in [1.54, 1.807) is 13.0 Å². The van der Waals surface area contributed by atoms with Gasteiger partial charge < -0.3 is 24.8 Å². The van der Waals surface area contributed by atoms with Crippen molar-refractivity contribution in [2.24, 2.45) is 0 Å². The van der Waals surface area contributed by atoms with Gasteiger partial charge in [-0.2, -0.15) is 0 Å². The quantitative estimate of drug-likeness (QED) is 0.423. The molecule has 1 atom stereocenters. The van der Waals surface area contributed by atoms with Gasteiger partial charge in [0.25, 0.3) is 0 Å². The highest BCUT2D eigenvalue weighted by Gasteiger charge is 2.26. The van der Waals surface area contributed by atoms with Gasteiger partial charge in [0.1, 0.15) is 22.8 Å². The van der Waals surface area contributed by atoms with Gasteiger partial charge in [-0.15, -0.1) is 6.58 Å². The molecular formula is C20H18O6. The second kappa shape index (κ2) is 6.24. The number of benzene rings is 2. The van der Waals surface area contributed by atoms with Crippen molar-refractivity contribution in [1.82, 2.24) is 0 Å². The lowest BCUT2D eigenvalue weighted by Gasteiger charge is -2.24. The summed E-state index contributed by atoms with van der Waals surface area (Å²) in [5.74, 6) is -0.521. The van der Waals surface area contributed by atoms with Gasteiger partial charge >= 0.3 is 5.63 Å². The number of phenolic OH excluding ortho intramolecular Hbond substituents is 3. The zero-order chi connectivity index (χ0) is 19.1. The summed E-state index contributed by atoms with van der Waals surface area (Å²) in [6.45, 7) is 5.15. The molecule has 0 unspecified atom stereocenters. The first kappa shape index (κ1) is 17.6. The molecule has 0 saturated heterocycles. The number of aliphatic hydroxyl groups is 1. The van der Waals surface area contributed by atoms with E-state index >= 15 is 0 Å². The lowest BCUT2D eigenvalue weighted by Crippen LogP contribution is -2.23. The first-order valence-electron chi connectivity index (χ1n) is 7.87. The topological polar surface area (TPSA) is 111 Å². The highest BCUT2D eigenvalue weighted by molar-refractivity contribution is 5.85. The molecule has 3 aromatic rings. The van der Waals surface area contributed by atoms with E-state index in [1.807, 2.05) is 0 Å². The molecule has 0 fully saturated rings. The van der Waals surface area contributed by atoms with E-state index in [9.17, 15) is 25.2 Å². The van der Waals surface area contributed by atoms with Gasteiger partial charge in [0.15, 0.2) is 0 Å². The molecule has 6 heteroatoms. The van der Waals surface area contributed by atoms with Crippen LogP contribution in [0.3, 0.4) is 0 Å². The molecule has 6 nitrogen and oxygen atoms in total.